The van der Waals surface area contributed by atoms with Gasteiger partial charge in [-0.25, -0.2) is 4.98 Å². The molecule has 6 nitrogen and oxygen atoms in total. The second-order valence-electron chi connectivity index (χ2n) is 5.79. The van der Waals surface area contributed by atoms with E-state index in [-0.39, 0.29) is 23.7 Å². The topological polar surface area (TPSA) is 64.8 Å². The lowest BCUT2D eigenvalue weighted by molar-refractivity contribution is -0.170. The van der Waals surface area contributed by atoms with Crippen LogP contribution in [-0.4, -0.2) is 37.8 Å². The summed E-state index contributed by atoms with van der Waals surface area (Å²) in [5.74, 6) is -0.656. The van der Waals surface area contributed by atoms with Crippen LogP contribution in [0.1, 0.15) is 6.92 Å². The Labute approximate surface area is 158 Å². The molecule has 1 amide bonds. The highest BCUT2D eigenvalue weighted by molar-refractivity contribution is 5.98. The summed E-state index contributed by atoms with van der Waals surface area (Å²) in [6.07, 6.45) is -4.96. The number of hydrogen-bond donors (Lipinski definition) is 0. The number of rotatable bonds is 5. The number of alkyl halides is 3. The van der Waals surface area contributed by atoms with Gasteiger partial charge in [0.05, 0.1) is 14.2 Å². The Bertz CT molecular complexity index is 1010. The van der Waals surface area contributed by atoms with Crippen LogP contribution in [0.5, 0.6) is 11.5 Å². The number of carbonyl (C=O) groups excluding carboxylic acids is 1. The highest BCUT2D eigenvalue weighted by Crippen LogP contribution is 2.34. The number of hydrogen-bond acceptors (Lipinski definition) is 5. The molecule has 1 heterocycles. The number of methoxy groups -OCH3 is 2. The maximum absolute atomic E-state index is 12.8. The smallest absolute Gasteiger partial charge is 0.471 e. The van der Waals surface area contributed by atoms with E-state index in [9.17, 15) is 18.0 Å². The lowest BCUT2D eigenvalue weighted by Gasteiger charge is -2.21. The molecule has 0 aliphatic rings. The van der Waals surface area contributed by atoms with Crippen LogP contribution in [-0.2, 0) is 4.79 Å². The molecule has 148 valence electrons. The number of oxazole rings is 1. The van der Waals surface area contributed by atoms with Crippen molar-refractivity contribution in [2.75, 3.05) is 25.7 Å². The van der Waals surface area contributed by atoms with Crippen molar-refractivity contribution >= 4 is 22.7 Å². The van der Waals surface area contributed by atoms with Gasteiger partial charge < -0.3 is 18.8 Å². The minimum atomic E-state index is -4.96. The molecule has 0 aliphatic heterocycles. The van der Waals surface area contributed by atoms with Crippen molar-refractivity contribution in [1.29, 1.82) is 0 Å². The summed E-state index contributed by atoms with van der Waals surface area (Å²) in [7, 11) is 3.01. The van der Waals surface area contributed by atoms with Gasteiger partial charge in [-0.05, 0) is 37.3 Å². The highest BCUT2D eigenvalue weighted by atomic mass is 19.4. The second-order valence-corrected chi connectivity index (χ2v) is 5.79. The Morgan fingerprint density at radius 2 is 1.82 bits per heavy atom. The Hall–Kier alpha value is -3.23. The summed E-state index contributed by atoms with van der Waals surface area (Å²) in [5, 5.41) is 0. The first-order valence-electron chi connectivity index (χ1n) is 8.30. The average Bonchev–Trinajstić information content (AvgIpc) is 3.10. The van der Waals surface area contributed by atoms with Gasteiger partial charge in [-0.2, -0.15) is 13.2 Å². The number of fused-ring (bicyclic) bond motifs is 1. The molecule has 0 bridgehead atoms. The number of ether oxygens (including phenoxy) is 2. The summed E-state index contributed by atoms with van der Waals surface area (Å²) in [4.78, 5) is 16.6. The van der Waals surface area contributed by atoms with Crippen molar-refractivity contribution in [2.24, 2.45) is 0 Å². The van der Waals surface area contributed by atoms with Crippen molar-refractivity contribution in [3.8, 4) is 23.0 Å². The molecule has 3 rings (SSSR count). The maximum Gasteiger partial charge on any atom is 0.471 e. The number of halogens is 3. The quantitative estimate of drug-likeness (QED) is 0.641. The first-order chi connectivity index (χ1) is 13.3. The van der Waals surface area contributed by atoms with Gasteiger partial charge in [0.2, 0.25) is 5.89 Å². The number of aromatic nitrogens is 1. The van der Waals surface area contributed by atoms with E-state index in [1.54, 1.807) is 18.2 Å². The molecule has 3 aromatic rings. The Kier molecular flexibility index (Phi) is 5.17. The zero-order chi connectivity index (χ0) is 20.5. The Morgan fingerprint density at radius 3 is 2.43 bits per heavy atom. The molecule has 9 heteroatoms. The molecule has 2 aromatic carbocycles. The lowest BCUT2D eigenvalue weighted by atomic mass is 10.2. The van der Waals surface area contributed by atoms with Gasteiger partial charge in [0.15, 0.2) is 17.1 Å². The van der Waals surface area contributed by atoms with Gasteiger partial charge in [0, 0.05) is 23.9 Å². The van der Waals surface area contributed by atoms with E-state index in [4.69, 9.17) is 13.9 Å². The Balaban J connectivity index is 2.00. The van der Waals surface area contributed by atoms with Crippen molar-refractivity contribution in [3.63, 3.8) is 0 Å². The normalized spacial score (nSPS) is 11.5. The molecule has 0 atom stereocenters. The summed E-state index contributed by atoms with van der Waals surface area (Å²) in [5.41, 5.74) is 1.39. The molecular formula is C19H17F3N2O4. The molecule has 1 aromatic heterocycles. The molecular weight excluding hydrogens is 377 g/mol. The fourth-order valence-electron chi connectivity index (χ4n) is 2.77. The van der Waals surface area contributed by atoms with E-state index in [1.165, 1.54) is 39.3 Å². The third-order valence-electron chi connectivity index (χ3n) is 4.12. The van der Waals surface area contributed by atoms with Gasteiger partial charge in [-0.15, -0.1) is 0 Å². The fourth-order valence-corrected chi connectivity index (χ4v) is 2.77. The molecule has 0 unspecified atom stereocenters. The van der Waals surface area contributed by atoms with Crippen molar-refractivity contribution < 1.29 is 31.9 Å². The minimum Gasteiger partial charge on any atom is -0.493 e. The van der Waals surface area contributed by atoms with Gasteiger partial charge in [0.25, 0.3) is 0 Å². The average molecular weight is 394 g/mol. The molecule has 0 saturated heterocycles. The molecule has 28 heavy (non-hydrogen) atoms. The van der Waals surface area contributed by atoms with Gasteiger partial charge in [-0.1, -0.05) is 0 Å². The third-order valence-corrected chi connectivity index (χ3v) is 4.12. The predicted octanol–water partition coefficient (Wildman–Crippen LogP) is 4.43. The third kappa shape index (κ3) is 3.60. The molecule has 0 radical (unpaired) electrons. The van der Waals surface area contributed by atoms with Crippen LogP contribution in [0.3, 0.4) is 0 Å². The molecule has 0 saturated carbocycles. The van der Waals surface area contributed by atoms with Crippen LogP contribution >= 0.6 is 0 Å². The van der Waals surface area contributed by atoms with E-state index < -0.39 is 12.1 Å². The van der Waals surface area contributed by atoms with Gasteiger partial charge in [-0.3, -0.25) is 4.79 Å². The standard InChI is InChI=1S/C19H17F3N2O4/c1-4-24(18(25)19(20,21)22)12-6-7-13-15(10-12)28-17(23-13)11-5-8-14(26-2)16(9-11)27-3/h5-10H,4H2,1-3H3. The fraction of sp³-hybridized carbons (Fsp3) is 0.263. The number of anilines is 1. The zero-order valence-electron chi connectivity index (χ0n) is 15.3. The summed E-state index contributed by atoms with van der Waals surface area (Å²) in [6.45, 7) is 1.32. The van der Waals surface area contributed by atoms with Crippen LogP contribution in [0.4, 0.5) is 18.9 Å². The van der Waals surface area contributed by atoms with E-state index in [0.29, 0.717) is 27.5 Å². The van der Waals surface area contributed by atoms with E-state index in [0.717, 1.165) is 0 Å². The maximum atomic E-state index is 12.8. The van der Waals surface area contributed by atoms with Crippen LogP contribution in [0, 0.1) is 0 Å². The van der Waals surface area contributed by atoms with E-state index in [2.05, 4.69) is 4.98 Å². The zero-order valence-corrected chi connectivity index (χ0v) is 15.3. The first-order valence-corrected chi connectivity index (χ1v) is 8.30. The summed E-state index contributed by atoms with van der Waals surface area (Å²) >= 11 is 0. The Morgan fingerprint density at radius 1 is 1.11 bits per heavy atom. The molecule has 0 N–H and O–H groups in total. The number of benzene rings is 2. The SMILES string of the molecule is CCN(C(=O)C(F)(F)F)c1ccc2nc(-c3ccc(OC)c(OC)c3)oc2c1. The second kappa shape index (κ2) is 7.41. The van der Waals surface area contributed by atoms with Crippen LogP contribution in [0.2, 0.25) is 0 Å². The van der Waals surface area contributed by atoms with Crippen molar-refractivity contribution in [2.45, 2.75) is 13.1 Å². The number of nitrogens with zero attached hydrogens (tertiary/aromatic N) is 2. The van der Waals surface area contributed by atoms with Crippen LogP contribution in [0.15, 0.2) is 40.8 Å². The monoisotopic (exact) mass is 394 g/mol. The molecule has 0 spiro atoms. The largest absolute Gasteiger partial charge is 0.493 e. The van der Waals surface area contributed by atoms with E-state index in [1.807, 2.05) is 0 Å². The number of amides is 1. The summed E-state index contributed by atoms with van der Waals surface area (Å²) < 4.78 is 54.5. The molecule has 0 fully saturated rings. The lowest BCUT2D eigenvalue weighted by Crippen LogP contribution is -2.41. The van der Waals surface area contributed by atoms with Crippen LogP contribution < -0.4 is 14.4 Å². The first kappa shape index (κ1) is 19.5. The summed E-state index contributed by atoms with van der Waals surface area (Å²) in [6, 6.07) is 9.35. The van der Waals surface area contributed by atoms with E-state index >= 15 is 0 Å². The van der Waals surface area contributed by atoms with Crippen molar-refractivity contribution in [1.82, 2.24) is 4.98 Å². The van der Waals surface area contributed by atoms with Crippen molar-refractivity contribution in [3.05, 3.63) is 36.4 Å². The van der Waals surface area contributed by atoms with Gasteiger partial charge >= 0.3 is 12.1 Å². The molecule has 0 aliphatic carbocycles. The van der Waals surface area contributed by atoms with Crippen LogP contribution in [0.25, 0.3) is 22.6 Å². The predicted molar refractivity (Wildman–Crippen MR) is 96.6 cm³/mol. The van der Waals surface area contributed by atoms with Gasteiger partial charge in [0.1, 0.15) is 5.52 Å². The highest BCUT2D eigenvalue weighted by Gasteiger charge is 2.42. The minimum absolute atomic E-state index is 0.0762. The number of carbonyl (C=O) groups is 1.